The van der Waals surface area contributed by atoms with Crippen molar-refractivity contribution in [3.8, 4) is 0 Å². The maximum atomic E-state index is 13.1. The smallest absolute Gasteiger partial charge is 0.123 e. The number of hydrogen-bond acceptors (Lipinski definition) is 1. The Labute approximate surface area is 128 Å². The molecule has 0 heterocycles. The van der Waals surface area contributed by atoms with Crippen molar-refractivity contribution in [3.05, 3.63) is 69.9 Å². The van der Waals surface area contributed by atoms with Crippen molar-refractivity contribution in [3.63, 3.8) is 0 Å². The largest absolute Gasteiger partial charge is 0.310 e. The van der Waals surface area contributed by atoms with Gasteiger partial charge in [-0.25, -0.2) is 4.39 Å². The van der Waals surface area contributed by atoms with Crippen LogP contribution in [0.4, 0.5) is 4.39 Å². The van der Waals surface area contributed by atoms with Crippen molar-refractivity contribution >= 4 is 15.9 Å². The Hall–Kier alpha value is -1.19. The molecule has 0 fully saturated rings. The molecule has 0 aromatic heterocycles. The van der Waals surface area contributed by atoms with Crippen molar-refractivity contribution in [1.29, 1.82) is 0 Å². The van der Waals surface area contributed by atoms with Gasteiger partial charge < -0.3 is 5.32 Å². The molecule has 0 spiro atoms. The third kappa shape index (κ3) is 4.43. The summed E-state index contributed by atoms with van der Waals surface area (Å²) in [6, 6.07) is 15.5. The fourth-order valence-corrected chi connectivity index (χ4v) is 2.72. The minimum absolute atomic E-state index is 0.165. The van der Waals surface area contributed by atoms with E-state index in [0.717, 1.165) is 29.4 Å². The van der Waals surface area contributed by atoms with E-state index in [0.29, 0.717) is 6.04 Å². The molecule has 0 amide bonds. The van der Waals surface area contributed by atoms with E-state index in [9.17, 15) is 4.39 Å². The highest BCUT2D eigenvalue weighted by atomic mass is 79.9. The molecule has 0 saturated heterocycles. The first kappa shape index (κ1) is 15.2. The number of hydrogen-bond donors (Lipinski definition) is 1. The van der Waals surface area contributed by atoms with Crippen LogP contribution in [0.2, 0.25) is 0 Å². The third-order valence-electron chi connectivity index (χ3n) is 3.35. The van der Waals surface area contributed by atoms with Crippen LogP contribution in [0.15, 0.2) is 53.0 Å². The summed E-state index contributed by atoms with van der Waals surface area (Å²) in [6.07, 6.45) is 1.86. The summed E-state index contributed by atoms with van der Waals surface area (Å²) in [6.45, 7) is 3.01. The van der Waals surface area contributed by atoms with Gasteiger partial charge in [-0.2, -0.15) is 0 Å². The fourth-order valence-electron chi connectivity index (χ4n) is 2.30. The van der Waals surface area contributed by atoms with Crippen molar-refractivity contribution < 1.29 is 4.39 Å². The van der Waals surface area contributed by atoms with E-state index < -0.39 is 0 Å². The van der Waals surface area contributed by atoms with Crippen LogP contribution in [-0.2, 0) is 6.42 Å². The van der Waals surface area contributed by atoms with E-state index >= 15 is 0 Å². The molecule has 0 aliphatic carbocycles. The maximum Gasteiger partial charge on any atom is 0.123 e. The van der Waals surface area contributed by atoms with E-state index in [-0.39, 0.29) is 5.82 Å². The fraction of sp³-hybridized carbons (Fsp3) is 0.294. The average molecular weight is 336 g/mol. The molecule has 1 unspecified atom stereocenters. The van der Waals surface area contributed by atoms with Gasteiger partial charge in [-0.05, 0) is 54.8 Å². The first-order chi connectivity index (χ1) is 9.69. The van der Waals surface area contributed by atoms with Gasteiger partial charge in [0.1, 0.15) is 5.82 Å². The van der Waals surface area contributed by atoms with Gasteiger partial charge in [-0.3, -0.25) is 0 Å². The van der Waals surface area contributed by atoms with Gasteiger partial charge in [0.05, 0.1) is 0 Å². The molecular formula is C17H19BrFN. The van der Waals surface area contributed by atoms with Crippen molar-refractivity contribution in [2.75, 3.05) is 6.54 Å². The molecule has 20 heavy (non-hydrogen) atoms. The van der Waals surface area contributed by atoms with Gasteiger partial charge in [0.25, 0.3) is 0 Å². The molecule has 2 aromatic rings. The molecule has 0 bridgehead atoms. The minimum atomic E-state index is -0.165. The topological polar surface area (TPSA) is 12.0 Å². The standard InChI is InChI=1S/C17H19BrFN/c1-2-17(14-6-4-7-15(18)12-14)20-10-9-13-5-3-8-16(19)11-13/h3-8,11-12,17,20H,2,9-10H2,1H3. The van der Waals surface area contributed by atoms with Crippen molar-refractivity contribution in [1.82, 2.24) is 5.32 Å². The molecule has 0 aliphatic rings. The third-order valence-corrected chi connectivity index (χ3v) is 3.85. The number of nitrogens with one attached hydrogen (secondary N) is 1. The Balaban J connectivity index is 1.91. The van der Waals surface area contributed by atoms with Crippen LogP contribution >= 0.6 is 15.9 Å². The number of benzene rings is 2. The number of rotatable bonds is 6. The van der Waals surface area contributed by atoms with E-state index in [2.05, 4.69) is 46.4 Å². The molecule has 2 rings (SSSR count). The van der Waals surface area contributed by atoms with E-state index in [1.807, 2.05) is 12.1 Å². The summed E-state index contributed by atoms with van der Waals surface area (Å²) in [5.74, 6) is -0.165. The minimum Gasteiger partial charge on any atom is -0.310 e. The highest BCUT2D eigenvalue weighted by Crippen LogP contribution is 2.20. The second-order valence-corrected chi connectivity index (χ2v) is 5.77. The lowest BCUT2D eigenvalue weighted by Crippen LogP contribution is -2.23. The Morgan fingerprint density at radius 3 is 2.65 bits per heavy atom. The Morgan fingerprint density at radius 1 is 1.15 bits per heavy atom. The molecule has 106 valence electrons. The SMILES string of the molecule is CCC(NCCc1cccc(F)c1)c1cccc(Br)c1. The highest BCUT2D eigenvalue weighted by molar-refractivity contribution is 9.10. The summed E-state index contributed by atoms with van der Waals surface area (Å²) in [5, 5.41) is 3.54. The van der Waals surface area contributed by atoms with Crippen LogP contribution in [-0.4, -0.2) is 6.54 Å². The predicted octanol–water partition coefficient (Wildman–Crippen LogP) is 4.87. The molecule has 0 aliphatic heterocycles. The van der Waals surface area contributed by atoms with Gasteiger partial charge in [-0.1, -0.05) is 47.1 Å². The lowest BCUT2D eigenvalue weighted by Gasteiger charge is -2.17. The number of halogens is 2. The molecule has 1 N–H and O–H groups in total. The highest BCUT2D eigenvalue weighted by Gasteiger charge is 2.08. The quantitative estimate of drug-likeness (QED) is 0.793. The summed E-state index contributed by atoms with van der Waals surface area (Å²) in [5.41, 5.74) is 2.31. The zero-order chi connectivity index (χ0) is 14.4. The normalized spacial score (nSPS) is 12.3. The zero-order valence-corrected chi connectivity index (χ0v) is 13.2. The molecule has 1 atom stereocenters. The van der Waals surface area contributed by atoms with Crippen molar-refractivity contribution in [2.45, 2.75) is 25.8 Å². The van der Waals surface area contributed by atoms with Gasteiger partial charge in [0.2, 0.25) is 0 Å². The van der Waals surface area contributed by atoms with Gasteiger partial charge in [-0.15, -0.1) is 0 Å². The lowest BCUT2D eigenvalue weighted by atomic mass is 10.0. The summed E-state index contributed by atoms with van der Waals surface area (Å²) >= 11 is 3.50. The molecule has 1 nitrogen and oxygen atoms in total. The van der Waals surface area contributed by atoms with Crippen molar-refractivity contribution in [2.24, 2.45) is 0 Å². The van der Waals surface area contributed by atoms with Gasteiger partial charge in [0, 0.05) is 10.5 Å². The first-order valence-electron chi connectivity index (χ1n) is 6.92. The van der Waals surface area contributed by atoms with E-state index in [4.69, 9.17) is 0 Å². The molecule has 2 aromatic carbocycles. The zero-order valence-electron chi connectivity index (χ0n) is 11.6. The van der Waals surface area contributed by atoms with Gasteiger partial charge >= 0.3 is 0 Å². The monoisotopic (exact) mass is 335 g/mol. The van der Waals surface area contributed by atoms with Gasteiger partial charge in [0.15, 0.2) is 0 Å². The van der Waals surface area contributed by atoms with Crippen LogP contribution in [0.1, 0.15) is 30.5 Å². The summed E-state index contributed by atoms with van der Waals surface area (Å²) in [7, 11) is 0. The Kier molecular flexibility index (Phi) is 5.74. The average Bonchev–Trinajstić information content (AvgIpc) is 2.44. The first-order valence-corrected chi connectivity index (χ1v) is 7.71. The van der Waals surface area contributed by atoms with Crippen LogP contribution < -0.4 is 5.32 Å². The van der Waals surface area contributed by atoms with Crippen LogP contribution in [0.3, 0.4) is 0 Å². The molecule has 3 heteroatoms. The Bertz CT molecular complexity index is 556. The van der Waals surface area contributed by atoms with Crippen LogP contribution in [0, 0.1) is 5.82 Å². The summed E-state index contributed by atoms with van der Waals surface area (Å²) in [4.78, 5) is 0. The van der Waals surface area contributed by atoms with E-state index in [1.54, 1.807) is 12.1 Å². The summed E-state index contributed by atoms with van der Waals surface area (Å²) < 4.78 is 14.2. The van der Waals surface area contributed by atoms with Crippen LogP contribution in [0.25, 0.3) is 0 Å². The lowest BCUT2D eigenvalue weighted by molar-refractivity contribution is 0.522. The maximum absolute atomic E-state index is 13.1. The molecular weight excluding hydrogens is 317 g/mol. The second kappa shape index (κ2) is 7.55. The molecule has 0 radical (unpaired) electrons. The molecule has 0 saturated carbocycles. The predicted molar refractivity (Wildman–Crippen MR) is 85.3 cm³/mol. The second-order valence-electron chi connectivity index (χ2n) is 4.85. The van der Waals surface area contributed by atoms with Crippen LogP contribution in [0.5, 0.6) is 0 Å². The van der Waals surface area contributed by atoms with E-state index in [1.165, 1.54) is 11.6 Å². The Morgan fingerprint density at radius 2 is 1.95 bits per heavy atom.